The van der Waals surface area contributed by atoms with E-state index in [1.807, 2.05) is 13.0 Å². The lowest BCUT2D eigenvalue weighted by Gasteiger charge is -2.48. The Kier molecular flexibility index (Phi) is 9.58. The molecule has 10 nitrogen and oxygen atoms in total. The van der Waals surface area contributed by atoms with Crippen molar-refractivity contribution in [3.8, 4) is 5.75 Å². The summed E-state index contributed by atoms with van der Waals surface area (Å²) in [5.74, 6) is -0.435. The molecule has 7 aliphatic rings. The first-order chi connectivity index (χ1) is 24.9. The first-order valence-corrected chi connectivity index (χ1v) is 20.6. The second kappa shape index (κ2) is 13.9. The lowest BCUT2D eigenvalue weighted by molar-refractivity contribution is -0.144. The summed E-state index contributed by atoms with van der Waals surface area (Å²) in [7, 11) is -4.02. The lowest BCUT2D eigenvalue weighted by Crippen LogP contribution is -2.51. The second-order valence-electron chi connectivity index (χ2n) is 15.7. The van der Waals surface area contributed by atoms with Gasteiger partial charge in [0.05, 0.1) is 41.9 Å². The van der Waals surface area contributed by atoms with Gasteiger partial charge in [-0.25, -0.2) is 17.5 Å². The minimum absolute atomic E-state index is 0.00192. The van der Waals surface area contributed by atoms with Crippen molar-refractivity contribution in [1.29, 1.82) is 0 Å². The number of nitrogens with one attached hydrogen (secondary N) is 1. The van der Waals surface area contributed by atoms with Gasteiger partial charge in [-0.15, -0.1) is 0 Å². The molecule has 280 valence electrons. The Morgan fingerprint density at radius 3 is 2.69 bits per heavy atom. The maximum atomic E-state index is 15.5. The van der Waals surface area contributed by atoms with Gasteiger partial charge in [0.25, 0.3) is 5.91 Å². The third-order valence-corrected chi connectivity index (χ3v) is 15.1. The number of nitrogens with zero attached hydrogens (tertiary/aromatic N) is 2. The summed E-state index contributed by atoms with van der Waals surface area (Å²) in [5.41, 5.74) is 3.01. The number of sulfonamides is 1. The molecule has 4 bridgehead atoms. The van der Waals surface area contributed by atoms with E-state index in [0.29, 0.717) is 75.8 Å². The van der Waals surface area contributed by atoms with Crippen molar-refractivity contribution in [2.75, 3.05) is 57.5 Å². The summed E-state index contributed by atoms with van der Waals surface area (Å²) in [6.07, 6.45) is 6.57. The van der Waals surface area contributed by atoms with Crippen molar-refractivity contribution in [2.24, 2.45) is 23.7 Å². The molecule has 3 aliphatic carbocycles. The summed E-state index contributed by atoms with van der Waals surface area (Å²) < 4.78 is 63.6. The molecule has 1 saturated heterocycles. The van der Waals surface area contributed by atoms with Crippen molar-refractivity contribution in [3.05, 3.63) is 69.5 Å². The molecular weight excluding hydrogens is 709 g/mol. The van der Waals surface area contributed by atoms with Crippen LogP contribution in [0, 0.1) is 29.5 Å². The molecule has 52 heavy (non-hydrogen) atoms. The molecule has 2 amide bonds. The van der Waals surface area contributed by atoms with Crippen molar-refractivity contribution in [3.63, 3.8) is 0 Å². The fourth-order valence-electron chi connectivity index (χ4n) is 9.34. The van der Waals surface area contributed by atoms with Gasteiger partial charge in [0.1, 0.15) is 18.2 Å². The number of anilines is 1. The van der Waals surface area contributed by atoms with E-state index < -0.39 is 26.6 Å². The van der Waals surface area contributed by atoms with Crippen molar-refractivity contribution < 1.29 is 36.6 Å². The zero-order chi connectivity index (χ0) is 36.4. The maximum Gasteiger partial charge on any atom is 0.264 e. The molecule has 0 radical (unpaired) electrons. The number of allylic oxidation sites excluding steroid dienone is 1. The Labute approximate surface area is 310 Å². The van der Waals surface area contributed by atoms with Gasteiger partial charge in [-0.1, -0.05) is 30.7 Å². The zero-order valence-electron chi connectivity index (χ0n) is 29.7. The lowest BCUT2D eigenvalue weighted by atomic mass is 9.64. The summed E-state index contributed by atoms with van der Waals surface area (Å²) in [6, 6.07) is 8.64. The number of amides is 2. The normalized spacial score (nSPS) is 32.5. The van der Waals surface area contributed by atoms with E-state index in [1.165, 1.54) is 0 Å². The van der Waals surface area contributed by atoms with Crippen LogP contribution < -0.4 is 14.4 Å². The summed E-state index contributed by atoms with van der Waals surface area (Å²) in [5, 5.41) is -0.720. The van der Waals surface area contributed by atoms with Gasteiger partial charge in [0, 0.05) is 37.2 Å². The van der Waals surface area contributed by atoms with Gasteiger partial charge in [0.2, 0.25) is 15.9 Å². The molecule has 0 unspecified atom stereocenters. The standard InChI is InChI=1S/C39H47ClFN3O7S/c1-23-24(2)52(47,48)42-38(46)25-6-10-34-33(18-25)44(21-39(22-51-34)11-3-4-30-31(39)8-9-32(40)36(30)41)19-26-5-7-29(26)37(28-16-27(23)17-28)50-20-35(45)43-12-14-49-15-13-43/h6,8-10,16,18,23-24,26-27,29,37H,3-5,7,11-15,17,19-22H2,1-2H3,(H,42,46)/t23-,24-,26+,27+,29-,37+,39+/m1/s1. The van der Waals surface area contributed by atoms with E-state index in [1.54, 1.807) is 36.1 Å². The van der Waals surface area contributed by atoms with Gasteiger partial charge < -0.3 is 24.0 Å². The molecule has 2 aromatic rings. The maximum absolute atomic E-state index is 15.5. The van der Waals surface area contributed by atoms with E-state index in [-0.39, 0.29) is 58.7 Å². The highest BCUT2D eigenvalue weighted by atomic mass is 35.5. The number of benzene rings is 2. The van der Waals surface area contributed by atoms with Crippen molar-refractivity contribution in [2.45, 2.75) is 69.1 Å². The van der Waals surface area contributed by atoms with Gasteiger partial charge in [-0.05, 0) is 110 Å². The fourth-order valence-corrected chi connectivity index (χ4v) is 10.8. The third-order valence-electron chi connectivity index (χ3n) is 12.9. The number of ether oxygens (including phenoxy) is 3. The Morgan fingerprint density at radius 1 is 1.15 bits per heavy atom. The van der Waals surface area contributed by atoms with Crippen molar-refractivity contribution >= 4 is 39.1 Å². The minimum atomic E-state index is -4.02. The second-order valence-corrected chi connectivity index (χ2v) is 18.2. The number of halogens is 2. The largest absolute Gasteiger partial charge is 0.490 e. The molecule has 2 fully saturated rings. The van der Waals surface area contributed by atoms with Crippen LogP contribution in [0.3, 0.4) is 0 Å². The van der Waals surface area contributed by atoms with Gasteiger partial charge >= 0.3 is 0 Å². The number of rotatable bonds is 3. The van der Waals surface area contributed by atoms with E-state index >= 15 is 4.39 Å². The number of carbonyl (C=O) groups is 2. The van der Waals surface area contributed by atoms with Crippen LogP contribution >= 0.6 is 11.6 Å². The molecule has 9 rings (SSSR count). The smallest absolute Gasteiger partial charge is 0.264 e. The average Bonchev–Trinajstić information content (AvgIpc) is 3.26. The predicted molar refractivity (Wildman–Crippen MR) is 195 cm³/mol. The first-order valence-electron chi connectivity index (χ1n) is 18.7. The minimum Gasteiger partial charge on any atom is -0.490 e. The molecule has 4 aliphatic heterocycles. The van der Waals surface area contributed by atoms with Gasteiger partial charge in [-0.3, -0.25) is 9.59 Å². The zero-order valence-corrected chi connectivity index (χ0v) is 31.3. The Balaban J connectivity index is 1.17. The quantitative estimate of drug-likeness (QED) is 0.422. The molecule has 1 spiro atoms. The van der Waals surface area contributed by atoms with E-state index in [0.717, 1.165) is 36.8 Å². The van der Waals surface area contributed by atoms with Crippen LogP contribution in [0.2, 0.25) is 5.02 Å². The highest BCUT2D eigenvalue weighted by Gasteiger charge is 2.48. The molecule has 1 N–H and O–H groups in total. The topological polar surface area (TPSA) is 114 Å². The predicted octanol–water partition coefficient (Wildman–Crippen LogP) is 5.27. The number of morpholine rings is 1. The SMILES string of the molecule is C[C@@H]1[C@@H](C)S(=O)(=O)NC(=O)c2ccc3c(c2)N(C[C@@H]2CC[C@H]2[C@@H](OCC(=O)N2CCOCC2)C2=C[C@H]1C2)C[C@@]1(CCCc2c1ccc(Cl)c2F)CO3. The van der Waals surface area contributed by atoms with E-state index in [9.17, 15) is 18.0 Å². The molecule has 13 heteroatoms. The molecule has 1 saturated carbocycles. The van der Waals surface area contributed by atoms with Gasteiger partial charge in [-0.2, -0.15) is 0 Å². The van der Waals surface area contributed by atoms with Crippen molar-refractivity contribution in [1.82, 2.24) is 9.62 Å². The van der Waals surface area contributed by atoms with Crippen LogP contribution in [0.4, 0.5) is 10.1 Å². The Bertz CT molecular complexity index is 1900. The number of carbonyl (C=O) groups excluding carboxylic acids is 2. The number of hydrogen-bond donors (Lipinski definition) is 1. The van der Waals surface area contributed by atoms with Crippen LogP contribution in [-0.2, 0) is 36.1 Å². The molecule has 7 atom stereocenters. The fraction of sp³-hybridized carbons (Fsp3) is 0.590. The van der Waals surface area contributed by atoms with Crippen LogP contribution in [0.1, 0.15) is 67.4 Å². The summed E-state index contributed by atoms with van der Waals surface area (Å²) >= 11 is 6.26. The number of hydrogen-bond acceptors (Lipinski definition) is 8. The molecule has 4 heterocycles. The summed E-state index contributed by atoms with van der Waals surface area (Å²) in [4.78, 5) is 30.9. The third kappa shape index (κ3) is 6.41. The molecule has 0 aromatic heterocycles. The molecule has 2 aromatic carbocycles. The highest BCUT2D eigenvalue weighted by molar-refractivity contribution is 7.90. The highest BCUT2D eigenvalue weighted by Crippen LogP contribution is 2.50. The number of fused-ring (bicyclic) bond motifs is 6. The van der Waals surface area contributed by atoms with E-state index in [4.69, 9.17) is 25.8 Å². The first kappa shape index (κ1) is 35.8. The monoisotopic (exact) mass is 755 g/mol. The van der Waals surface area contributed by atoms with Crippen LogP contribution in [-0.4, -0.2) is 89.1 Å². The van der Waals surface area contributed by atoms with Crippen LogP contribution in [0.5, 0.6) is 5.75 Å². The Hall–Kier alpha value is -3.19. The van der Waals surface area contributed by atoms with Crippen LogP contribution in [0.15, 0.2) is 42.0 Å². The van der Waals surface area contributed by atoms with Crippen LogP contribution in [0.25, 0.3) is 0 Å². The van der Waals surface area contributed by atoms with Gasteiger partial charge in [0.15, 0.2) is 0 Å². The summed E-state index contributed by atoms with van der Waals surface area (Å²) in [6.45, 7) is 7.11. The average molecular weight is 756 g/mol. The molecular formula is C39H47ClFN3O7S. The Morgan fingerprint density at radius 2 is 1.94 bits per heavy atom. The van der Waals surface area contributed by atoms with E-state index in [2.05, 4.69) is 15.7 Å².